The molecule has 45 heavy (non-hydrogen) atoms. The Morgan fingerprint density at radius 1 is 0.533 bits per heavy atom. The molecule has 1 heterocycles. The lowest BCUT2D eigenvalue weighted by Gasteiger charge is -2.30. The summed E-state index contributed by atoms with van der Waals surface area (Å²) < 4.78 is 72.2. The first-order valence-corrected chi connectivity index (χ1v) is 17.2. The summed E-state index contributed by atoms with van der Waals surface area (Å²) in [6.45, 7) is 4.95. The highest BCUT2D eigenvalue weighted by Crippen LogP contribution is 2.34. The lowest BCUT2D eigenvalue weighted by molar-refractivity contribution is -0.190. The molecule has 1 aliphatic heterocycles. The molecule has 0 atom stereocenters. The molecule has 4 rings (SSSR count). The Morgan fingerprint density at radius 2 is 1.02 bits per heavy atom. The molecule has 0 spiro atoms. The molecule has 3 aromatic carbocycles. The van der Waals surface area contributed by atoms with Gasteiger partial charge < -0.3 is 9.47 Å². The lowest BCUT2D eigenvalue weighted by Crippen LogP contribution is -2.31. The Morgan fingerprint density at radius 3 is 1.60 bits per heavy atom. The number of rotatable bonds is 18. The van der Waals surface area contributed by atoms with Crippen LogP contribution >= 0.6 is 0 Å². The van der Waals surface area contributed by atoms with E-state index in [0.717, 1.165) is 38.5 Å². The predicted molar refractivity (Wildman–Crippen MR) is 175 cm³/mol. The zero-order chi connectivity index (χ0) is 32.0. The summed E-state index contributed by atoms with van der Waals surface area (Å²) in [6, 6.07) is 12.9. The summed E-state index contributed by atoms with van der Waals surface area (Å²) >= 11 is 0. The molecule has 0 bridgehead atoms. The standard InChI is InChI=1S/C39H50F4O2/c1-3-5-7-9-10-11-13-14-16-30-22-23-32(37(41)36(30)40)28-18-20-29(21-19-28)33-24-25-34(39(43)38(33)42)31-26-44-35(45-27-31)17-15-12-8-6-4-2/h18-25,31,35H,3-17,26-27H2,1-2H3. The first-order valence-electron chi connectivity index (χ1n) is 17.2. The van der Waals surface area contributed by atoms with E-state index < -0.39 is 23.3 Å². The molecule has 1 aliphatic rings. The number of hydrogen-bond donors (Lipinski definition) is 0. The highest BCUT2D eigenvalue weighted by Gasteiger charge is 2.27. The second kappa shape index (κ2) is 18.4. The van der Waals surface area contributed by atoms with Crippen molar-refractivity contribution in [2.75, 3.05) is 13.2 Å². The van der Waals surface area contributed by atoms with Crippen LogP contribution in [0.1, 0.15) is 121 Å². The third-order valence-electron chi connectivity index (χ3n) is 9.03. The number of halogens is 4. The summed E-state index contributed by atoms with van der Waals surface area (Å²) in [6.07, 6.45) is 16.0. The van der Waals surface area contributed by atoms with Gasteiger partial charge in [-0.25, -0.2) is 17.6 Å². The van der Waals surface area contributed by atoms with Crippen LogP contribution in [-0.2, 0) is 15.9 Å². The van der Waals surface area contributed by atoms with Crippen LogP contribution in [-0.4, -0.2) is 19.5 Å². The molecule has 0 aliphatic carbocycles. The largest absolute Gasteiger partial charge is 0.352 e. The maximum atomic E-state index is 15.3. The van der Waals surface area contributed by atoms with Crippen LogP contribution in [0.25, 0.3) is 22.3 Å². The molecule has 0 N–H and O–H groups in total. The fourth-order valence-electron chi connectivity index (χ4n) is 6.19. The van der Waals surface area contributed by atoms with Crippen LogP contribution in [0.2, 0.25) is 0 Å². The molecule has 1 saturated heterocycles. The van der Waals surface area contributed by atoms with E-state index >= 15 is 13.2 Å². The van der Waals surface area contributed by atoms with Crippen molar-refractivity contribution in [2.45, 2.75) is 122 Å². The summed E-state index contributed by atoms with van der Waals surface area (Å²) in [4.78, 5) is 0. The molecule has 0 aromatic heterocycles. The second-order valence-corrected chi connectivity index (χ2v) is 12.5. The minimum atomic E-state index is -0.944. The molecule has 6 heteroatoms. The molecule has 0 amide bonds. The van der Waals surface area contributed by atoms with Gasteiger partial charge in [0.25, 0.3) is 0 Å². The van der Waals surface area contributed by atoms with Gasteiger partial charge in [0.05, 0.1) is 13.2 Å². The Bertz CT molecular complexity index is 1320. The molecule has 0 radical (unpaired) electrons. The monoisotopic (exact) mass is 626 g/mol. The lowest BCUT2D eigenvalue weighted by atomic mass is 9.94. The van der Waals surface area contributed by atoms with Crippen molar-refractivity contribution in [3.63, 3.8) is 0 Å². The highest BCUT2D eigenvalue weighted by atomic mass is 19.2. The normalized spacial score (nSPS) is 16.8. The van der Waals surface area contributed by atoms with Crippen LogP contribution in [0.15, 0.2) is 48.5 Å². The SMILES string of the molecule is CCCCCCCCCCc1ccc(-c2ccc(-c3ccc(C4COC(CCCCCCC)OC4)c(F)c3F)cc2)c(F)c1F. The van der Waals surface area contributed by atoms with Gasteiger partial charge in [-0.15, -0.1) is 0 Å². The topological polar surface area (TPSA) is 18.5 Å². The first-order chi connectivity index (χ1) is 21.9. The number of unbranched alkanes of at least 4 members (excludes halogenated alkanes) is 11. The van der Waals surface area contributed by atoms with E-state index in [1.54, 1.807) is 48.5 Å². The van der Waals surface area contributed by atoms with Crippen molar-refractivity contribution in [1.82, 2.24) is 0 Å². The first kappa shape index (κ1) is 35.2. The van der Waals surface area contributed by atoms with Crippen LogP contribution in [0.4, 0.5) is 17.6 Å². The van der Waals surface area contributed by atoms with E-state index in [4.69, 9.17) is 9.47 Å². The van der Waals surface area contributed by atoms with Crippen molar-refractivity contribution >= 4 is 0 Å². The zero-order valence-electron chi connectivity index (χ0n) is 27.1. The molecule has 2 nitrogen and oxygen atoms in total. The van der Waals surface area contributed by atoms with Gasteiger partial charge in [0.1, 0.15) is 0 Å². The van der Waals surface area contributed by atoms with E-state index in [-0.39, 0.29) is 42.1 Å². The average Bonchev–Trinajstić information content (AvgIpc) is 3.06. The van der Waals surface area contributed by atoms with Gasteiger partial charge in [-0.05, 0) is 47.9 Å². The van der Waals surface area contributed by atoms with Gasteiger partial charge in [-0.2, -0.15) is 0 Å². The Hall–Kier alpha value is -2.70. The Labute approximate surface area is 267 Å². The van der Waals surface area contributed by atoms with Gasteiger partial charge in [0, 0.05) is 17.0 Å². The van der Waals surface area contributed by atoms with Gasteiger partial charge in [-0.1, -0.05) is 133 Å². The molecule has 0 saturated carbocycles. The maximum absolute atomic E-state index is 15.3. The molecule has 246 valence electrons. The molecule has 0 unspecified atom stereocenters. The Kier molecular flexibility index (Phi) is 14.4. The van der Waals surface area contributed by atoms with Gasteiger partial charge in [-0.3, -0.25) is 0 Å². The minimum absolute atomic E-state index is 0.109. The summed E-state index contributed by atoms with van der Waals surface area (Å²) in [5.74, 6) is -3.93. The van der Waals surface area contributed by atoms with E-state index in [9.17, 15) is 4.39 Å². The van der Waals surface area contributed by atoms with Gasteiger partial charge in [0.2, 0.25) is 0 Å². The van der Waals surface area contributed by atoms with Crippen molar-refractivity contribution in [3.8, 4) is 22.3 Å². The van der Waals surface area contributed by atoms with E-state index in [2.05, 4.69) is 13.8 Å². The number of ether oxygens (including phenoxy) is 2. The second-order valence-electron chi connectivity index (χ2n) is 12.5. The fourth-order valence-corrected chi connectivity index (χ4v) is 6.19. The van der Waals surface area contributed by atoms with Gasteiger partial charge >= 0.3 is 0 Å². The fraction of sp³-hybridized carbons (Fsp3) is 0.538. The van der Waals surface area contributed by atoms with Crippen molar-refractivity contribution in [3.05, 3.63) is 82.9 Å². The molecule has 3 aromatic rings. The van der Waals surface area contributed by atoms with Crippen molar-refractivity contribution in [1.29, 1.82) is 0 Å². The molecular formula is C39H50F4O2. The van der Waals surface area contributed by atoms with Crippen LogP contribution < -0.4 is 0 Å². The van der Waals surface area contributed by atoms with Crippen molar-refractivity contribution < 1.29 is 27.0 Å². The molecule has 1 fully saturated rings. The van der Waals surface area contributed by atoms with E-state index in [1.807, 2.05) is 0 Å². The highest BCUT2D eigenvalue weighted by molar-refractivity contribution is 5.71. The third-order valence-corrected chi connectivity index (χ3v) is 9.03. The quantitative estimate of drug-likeness (QED) is 0.103. The number of aryl methyl sites for hydroxylation is 1. The van der Waals surface area contributed by atoms with E-state index in [0.29, 0.717) is 23.1 Å². The molecular weight excluding hydrogens is 576 g/mol. The van der Waals surface area contributed by atoms with Gasteiger partial charge in [0.15, 0.2) is 29.6 Å². The number of benzene rings is 3. The van der Waals surface area contributed by atoms with Crippen LogP contribution in [0.3, 0.4) is 0 Å². The van der Waals surface area contributed by atoms with Crippen LogP contribution in [0, 0.1) is 23.3 Å². The average molecular weight is 627 g/mol. The smallest absolute Gasteiger partial charge is 0.166 e. The minimum Gasteiger partial charge on any atom is -0.352 e. The summed E-state index contributed by atoms with van der Waals surface area (Å²) in [5.41, 5.74) is 1.81. The summed E-state index contributed by atoms with van der Waals surface area (Å²) in [7, 11) is 0. The predicted octanol–water partition coefficient (Wildman–Crippen LogP) is 12.1. The Balaban J connectivity index is 1.33. The maximum Gasteiger partial charge on any atom is 0.166 e. The summed E-state index contributed by atoms with van der Waals surface area (Å²) in [5, 5.41) is 0. The number of hydrogen-bond acceptors (Lipinski definition) is 2. The zero-order valence-corrected chi connectivity index (χ0v) is 27.1. The third kappa shape index (κ3) is 9.89. The van der Waals surface area contributed by atoms with Crippen molar-refractivity contribution in [2.24, 2.45) is 0 Å². The van der Waals surface area contributed by atoms with Crippen LogP contribution in [0.5, 0.6) is 0 Å². The van der Waals surface area contributed by atoms with E-state index in [1.165, 1.54) is 51.4 Å².